The van der Waals surface area contributed by atoms with Crippen molar-refractivity contribution in [2.24, 2.45) is 5.73 Å². The number of nitrogens with zero attached hydrogens (tertiary/aromatic N) is 1. The van der Waals surface area contributed by atoms with Gasteiger partial charge < -0.3 is 5.73 Å². The van der Waals surface area contributed by atoms with Crippen LogP contribution in [0.25, 0.3) is 0 Å². The number of hydrogen-bond donors (Lipinski definition) is 1. The van der Waals surface area contributed by atoms with Crippen LogP contribution in [-0.4, -0.2) is 24.0 Å². The van der Waals surface area contributed by atoms with Gasteiger partial charge >= 0.3 is 0 Å². The molecule has 2 heteroatoms. The van der Waals surface area contributed by atoms with E-state index < -0.39 is 0 Å². The highest BCUT2D eigenvalue weighted by atomic mass is 15.2. The quantitative estimate of drug-likeness (QED) is 0.876. The van der Waals surface area contributed by atoms with Gasteiger partial charge in [-0.15, -0.1) is 0 Å². The van der Waals surface area contributed by atoms with E-state index in [2.05, 4.69) is 70.7 Å². The number of rotatable bonds is 5. The Hall–Kier alpha value is -0.860. The Morgan fingerprint density at radius 1 is 1.11 bits per heavy atom. The molecule has 0 bridgehead atoms. The molecule has 0 spiro atoms. The first kappa shape index (κ1) is 16.2. The minimum atomic E-state index is 0.208. The van der Waals surface area contributed by atoms with Crippen LogP contribution >= 0.6 is 0 Å². The Morgan fingerprint density at radius 3 is 1.95 bits per heavy atom. The molecule has 1 aromatic rings. The van der Waals surface area contributed by atoms with Gasteiger partial charge in [0.1, 0.15) is 0 Å². The highest BCUT2D eigenvalue weighted by Crippen LogP contribution is 2.26. The van der Waals surface area contributed by atoms with Gasteiger partial charge in [0, 0.05) is 18.6 Å². The fraction of sp³-hybridized carbons (Fsp3) is 0.647. The fourth-order valence-electron chi connectivity index (χ4n) is 2.61. The van der Waals surface area contributed by atoms with E-state index in [4.69, 9.17) is 5.73 Å². The van der Waals surface area contributed by atoms with E-state index in [0.29, 0.717) is 18.6 Å². The van der Waals surface area contributed by atoms with Gasteiger partial charge in [0.25, 0.3) is 0 Å². The zero-order chi connectivity index (χ0) is 14.6. The molecule has 2 nitrogen and oxygen atoms in total. The molecule has 0 saturated carbocycles. The molecule has 1 atom stereocenters. The number of hydrogen-bond acceptors (Lipinski definition) is 2. The Morgan fingerprint density at radius 2 is 1.63 bits per heavy atom. The Labute approximate surface area is 119 Å². The van der Waals surface area contributed by atoms with E-state index in [0.717, 1.165) is 6.54 Å². The minimum Gasteiger partial charge on any atom is -0.329 e. The number of benzene rings is 1. The highest BCUT2D eigenvalue weighted by Gasteiger charge is 2.21. The molecule has 19 heavy (non-hydrogen) atoms. The van der Waals surface area contributed by atoms with Crippen LogP contribution < -0.4 is 5.73 Å². The summed E-state index contributed by atoms with van der Waals surface area (Å²) < 4.78 is 0. The SMILES string of the molecule is CCN(C(C)C)C(CN)c1ccc(C(C)(C)C)cc1. The van der Waals surface area contributed by atoms with Crippen molar-refractivity contribution in [2.75, 3.05) is 13.1 Å². The predicted molar refractivity (Wildman–Crippen MR) is 84.5 cm³/mol. The number of nitrogens with two attached hydrogens (primary N) is 1. The highest BCUT2D eigenvalue weighted by molar-refractivity contribution is 5.29. The molecular formula is C17H30N2. The Bertz CT molecular complexity index is 373. The molecule has 1 aromatic carbocycles. The molecule has 0 fully saturated rings. The summed E-state index contributed by atoms with van der Waals surface area (Å²) in [6.45, 7) is 15.1. The average Bonchev–Trinajstić information content (AvgIpc) is 2.34. The summed E-state index contributed by atoms with van der Waals surface area (Å²) in [7, 11) is 0. The number of likely N-dealkylation sites (N-methyl/N-ethyl adjacent to an activating group) is 1. The lowest BCUT2D eigenvalue weighted by atomic mass is 9.86. The molecule has 0 amide bonds. The Kier molecular flexibility index (Phi) is 5.57. The topological polar surface area (TPSA) is 29.3 Å². The van der Waals surface area contributed by atoms with Crippen LogP contribution in [0.1, 0.15) is 58.7 Å². The van der Waals surface area contributed by atoms with Gasteiger partial charge in [0.15, 0.2) is 0 Å². The van der Waals surface area contributed by atoms with E-state index in [1.54, 1.807) is 0 Å². The largest absolute Gasteiger partial charge is 0.329 e. The van der Waals surface area contributed by atoms with Crippen molar-refractivity contribution in [3.63, 3.8) is 0 Å². The summed E-state index contributed by atoms with van der Waals surface area (Å²) in [5.74, 6) is 0. The summed E-state index contributed by atoms with van der Waals surface area (Å²) >= 11 is 0. The molecule has 0 aromatic heterocycles. The van der Waals surface area contributed by atoms with Gasteiger partial charge in [-0.3, -0.25) is 4.90 Å². The van der Waals surface area contributed by atoms with Crippen LogP contribution in [-0.2, 0) is 5.41 Å². The normalized spacial score (nSPS) is 14.2. The van der Waals surface area contributed by atoms with Crippen LogP contribution in [0.3, 0.4) is 0 Å². The lowest BCUT2D eigenvalue weighted by Crippen LogP contribution is -2.38. The lowest BCUT2D eigenvalue weighted by molar-refractivity contribution is 0.166. The van der Waals surface area contributed by atoms with Crippen molar-refractivity contribution in [3.8, 4) is 0 Å². The van der Waals surface area contributed by atoms with E-state index >= 15 is 0 Å². The van der Waals surface area contributed by atoms with E-state index in [1.807, 2.05) is 0 Å². The van der Waals surface area contributed by atoms with Crippen molar-refractivity contribution >= 4 is 0 Å². The zero-order valence-electron chi connectivity index (χ0n) is 13.4. The maximum absolute atomic E-state index is 6.00. The minimum absolute atomic E-state index is 0.208. The summed E-state index contributed by atoms with van der Waals surface area (Å²) in [4.78, 5) is 2.45. The van der Waals surface area contributed by atoms with E-state index in [1.165, 1.54) is 11.1 Å². The smallest absolute Gasteiger partial charge is 0.0473 e. The zero-order valence-corrected chi connectivity index (χ0v) is 13.4. The van der Waals surface area contributed by atoms with E-state index in [9.17, 15) is 0 Å². The average molecular weight is 262 g/mol. The molecule has 0 aliphatic carbocycles. The monoisotopic (exact) mass is 262 g/mol. The first-order chi connectivity index (χ1) is 8.81. The van der Waals surface area contributed by atoms with Crippen LogP contribution in [0.4, 0.5) is 0 Å². The van der Waals surface area contributed by atoms with Crippen molar-refractivity contribution in [2.45, 2.75) is 59.0 Å². The lowest BCUT2D eigenvalue weighted by Gasteiger charge is -2.34. The second-order valence-electron chi connectivity index (χ2n) is 6.55. The molecule has 2 N–H and O–H groups in total. The molecule has 108 valence electrons. The maximum atomic E-state index is 6.00. The van der Waals surface area contributed by atoms with Crippen LogP contribution in [0, 0.1) is 0 Å². The molecule has 1 unspecified atom stereocenters. The molecule has 0 aliphatic heterocycles. The van der Waals surface area contributed by atoms with Crippen molar-refractivity contribution in [3.05, 3.63) is 35.4 Å². The first-order valence-corrected chi connectivity index (χ1v) is 7.37. The summed E-state index contributed by atoms with van der Waals surface area (Å²) in [6, 6.07) is 9.80. The first-order valence-electron chi connectivity index (χ1n) is 7.37. The van der Waals surface area contributed by atoms with Gasteiger partial charge in [-0.2, -0.15) is 0 Å². The van der Waals surface area contributed by atoms with Gasteiger partial charge in [0.2, 0.25) is 0 Å². The van der Waals surface area contributed by atoms with Crippen LogP contribution in [0.2, 0.25) is 0 Å². The molecule has 0 aliphatic rings. The van der Waals surface area contributed by atoms with Gasteiger partial charge in [-0.1, -0.05) is 52.0 Å². The second kappa shape index (κ2) is 6.53. The fourth-order valence-corrected chi connectivity index (χ4v) is 2.61. The van der Waals surface area contributed by atoms with Crippen LogP contribution in [0.5, 0.6) is 0 Å². The molecule has 0 heterocycles. The predicted octanol–water partition coefficient (Wildman–Crippen LogP) is 3.71. The molecule has 1 rings (SSSR count). The maximum Gasteiger partial charge on any atom is 0.0473 e. The molecule has 0 saturated heterocycles. The standard InChI is InChI=1S/C17H30N2/c1-7-19(13(2)3)16(12-18)14-8-10-15(11-9-14)17(4,5)6/h8-11,13,16H,7,12,18H2,1-6H3. The van der Waals surface area contributed by atoms with E-state index in [-0.39, 0.29) is 5.41 Å². The summed E-state index contributed by atoms with van der Waals surface area (Å²) in [5.41, 5.74) is 8.91. The van der Waals surface area contributed by atoms with Gasteiger partial charge in [-0.25, -0.2) is 0 Å². The van der Waals surface area contributed by atoms with Crippen molar-refractivity contribution in [1.82, 2.24) is 4.90 Å². The van der Waals surface area contributed by atoms with Gasteiger partial charge in [-0.05, 0) is 36.9 Å². The Balaban J connectivity index is 3.00. The third-order valence-electron chi connectivity index (χ3n) is 3.81. The van der Waals surface area contributed by atoms with Crippen molar-refractivity contribution < 1.29 is 0 Å². The molecular weight excluding hydrogens is 232 g/mol. The third-order valence-corrected chi connectivity index (χ3v) is 3.81. The molecule has 0 radical (unpaired) electrons. The van der Waals surface area contributed by atoms with Crippen LogP contribution in [0.15, 0.2) is 24.3 Å². The van der Waals surface area contributed by atoms with Crippen molar-refractivity contribution in [1.29, 1.82) is 0 Å². The summed E-state index contributed by atoms with van der Waals surface area (Å²) in [5, 5.41) is 0. The summed E-state index contributed by atoms with van der Waals surface area (Å²) in [6.07, 6.45) is 0. The second-order valence-corrected chi connectivity index (χ2v) is 6.55. The van der Waals surface area contributed by atoms with Gasteiger partial charge in [0.05, 0.1) is 0 Å². The third kappa shape index (κ3) is 4.05.